The Bertz CT molecular complexity index is 548. The first kappa shape index (κ1) is 23.0. The van der Waals surface area contributed by atoms with E-state index in [1.807, 2.05) is 19.2 Å². The molecular weight excluding hydrogens is 441 g/mol. The van der Waals surface area contributed by atoms with E-state index in [-0.39, 0.29) is 24.0 Å². The van der Waals surface area contributed by atoms with Crippen molar-refractivity contribution in [3.63, 3.8) is 0 Å². The van der Waals surface area contributed by atoms with Crippen LogP contribution in [0.3, 0.4) is 0 Å². The molecule has 0 aliphatic heterocycles. The van der Waals surface area contributed by atoms with Crippen LogP contribution in [0.1, 0.15) is 37.7 Å². The highest BCUT2D eigenvalue weighted by atomic mass is 127. The number of hydrogen-bond acceptors (Lipinski definition) is 3. The van der Waals surface area contributed by atoms with E-state index in [4.69, 9.17) is 9.47 Å². The number of aryl methyl sites for hydroxylation is 1. The van der Waals surface area contributed by atoms with Crippen molar-refractivity contribution in [2.45, 2.75) is 38.5 Å². The van der Waals surface area contributed by atoms with Gasteiger partial charge in [0.25, 0.3) is 0 Å². The molecule has 0 amide bonds. The molecule has 1 fully saturated rings. The molecule has 0 heterocycles. The first-order valence-electron chi connectivity index (χ1n) is 9.28. The number of methoxy groups -OCH3 is 2. The SMILES string of the molecule is CN=C(NCCCc1cccc(OC)c1)NCC1(CCOC)CCC1.I. The molecule has 0 unspecified atom stereocenters. The van der Waals surface area contributed by atoms with Crippen molar-refractivity contribution in [3.05, 3.63) is 29.8 Å². The third-order valence-electron chi connectivity index (χ3n) is 5.17. The average molecular weight is 475 g/mol. The average Bonchev–Trinajstić information content (AvgIpc) is 2.62. The predicted octanol–water partition coefficient (Wildman–Crippen LogP) is 3.62. The van der Waals surface area contributed by atoms with Crippen LogP contribution in [0.25, 0.3) is 0 Å². The third kappa shape index (κ3) is 7.31. The molecule has 5 nitrogen and oxygen atoms in total. The Morgan fingerprint density at radius 1 is 1.23 bits per heavy atom. The molecule has 1 aliphatic rings. The van der Waals surface area contributed by atoms with Crippen LogP contribution in [-0.4, -0.2) is 46.9 Å². The molecule has 1 aromatic rings. The Balaban J connectivity index is 0.00000338. The first-order valence-corrected chi connectivity index (χ1v) is 9.28. The van der Waals surface area contributed by atoms with Gasteiger partial charge in [-0.2, -0.15) is 0 Å². The summed E-state index contributed by atoms with van der Waals surface area (Å²) in [6, 6.07) is 8.27. The maximum atomic E-state index is 5.27. The van der Waals surface area contributed by atoms with E-state index in [2.05, 4.69) is 27.8 Å². The second-order valence-electron chi connectivity index (χ2n) is 6.90. The van der Waals surface area contributed by atoms with E-state index in [1.165, 1.54) is 24.8 Å². The topological polar surface area (TPSA) is 54.9 Å². The van der Waals surface area contributed by atoms with Crippen LogP contribution in [0, 0.1) is 5.41 Å². The highest BCUT2D eigenvalue weighted by Gasteiger charge is 2.36. The van der Waals surface area contributed by atoms with Crippen LogP contribution in [-0.2, 0) is 11.2 Å². The molecule has 148 valence electrons. The number of halogens is 1. The van der Waals surface area contributed by atoms with Crippen LogP contribution >= 0.6 is 24.0 Å². The van der Waals surface area contributed by atoms with Gasteiger partial charge in [0.2, 0.25) is 0 Å². The molecule has 0 atom stereocenters. The van der Waals surface area contributed by atoms with Gasteiger partial charge in [0.05, 0.1) is 7.11 Å². The van der Waals surface area contributed by atoms with Gasteiger partial charge in [-0.1, -0.05) is 18.6 Å². The zero-order valence-corrected chi connectivity index (χ0v) is 18.7. The van der Waals surface area contributed by atoms with Crippen molar-refractivity contribution in [2.75, 3.05) is 41.0 Å². The van der Waals surface area contributed by atoms with E-state index < -0.39 is 0 Å². The van der Waals surface area contributed by atoms with E-state index in [0.29, 0.717) is 5.41 Å². The van der Waals surface area contributed by atoms with Crippen molar-refractivity contribution in [1.29, 1.82) is 0 Å². The fraction of sp³-hybridized carbons (Fsp3) is 0.650. The van der Waals surface area contributed by atoms with Gasteiger partial charge >= 0.3 is 0 Å². The van der Waals surface area contributed by atoms with Gasteiger partial charge < -0.3 is 20.1 Å². The summed E-state index contributed by atoms with van der Waals surface area (Å²) in [4.78, 5) is 4.34. The lowest BCUT2D eigenvalue weighted by atomic mass is 9.67. The molecular formula is C20H34IN3O2. The van der Waals surface area contributed by atoms with E-state index in [9.17, 15) is 0 Å². The Morgan fingerprint density at radius 2 is 2.04 bits per heavy atom. The molecule has 0 spiro atoms. The Morgan fingerprint density at radius 3 is 2.65 bits per heavy atom. The number of guanidine groups is 1. The number of nitrogens with zero attached hydrogens (tertiary/aromatic N) is 1. The quantitative estimate of drug-likeness (QED) is 0.235. The van der Waals surface area contributed by atoms with Crippen LogP contribution in [0.5, 0.6) is 5.75 Å². The highest BCUT2D eigenvalue weighted by Crippen LogP contribution is 2.43. The molecule has 6 heteroatoms. The van der Waals surface area contributed by atoms with Gasteiger partial charge in [0.15, 0.2) is 5.96 Å². The molecule has 1 saturated carbocycles. The van der Waals surface area contributed by atoms with Crippen molar-refractivity contribution >= 4 is 29.9 Å². The molecule has 2 N–H and O–H groups in total. The van der Waals surface area contributed by atoms with E-state index >= 15 is 0 Å². The van der Waals surface area contributed by atoms with Crippen molar-refractivity contribution in [1.82, 2.24) is 10.6 Å². The fourth-order valence-corrected chi connectivity index (χ4v) is 3.33. The molecule has 0 radical (unpaired) electrons. The van der Waals surface area contributed by atoms with Crippen LogP contribution in [0.2, 0.25) is 0 Å². The second-order valence-corrected chi connectivity index (χ2v) is 6.90. The molecule has 0 saturated heterocycles. The maximum Gasteiger partial charge on any atom is 0.190 e. The van der Waals surface area contributed by atoms with Crippen LogP contribution in [0.15, 0.2) is 29.3 Å². The smallest absolute Gasteiger partial charge is 0.190 e. The first-order chi connectivity index (χ1) is 12.2. The summed E-state index contributed by atoms with van der Waals surface area (Å²) in [5.74, 6) is 1.82. The lowest BCUT2D eigenvalue weighted by molar-refractivity contribution is 0.0732. The van der Waals surface area contributed by atoms with Crippen molar-refractivity contribution in [2.24, 2.45) is 10.4 Å². The highest BCUT2D eigenvalue weighted by molar-refractivity contribution is 14.0. The Labute approximate surface area is 175 Å². The molecule has 0 aromatic heterocycles. The standard InChI is InChI=1S/C20H33N3O2.HI/c1-21-19(23-16-20(10-6-11-20)12-14-24-2)22-13-5-8-17-7-4-9-18(15-17)25-3;/h4,7,9,15H,5-6,8,10-14,16H2,1-3H3,(H2,21,22,23);1H. The Hall–Kier alpha value is -1.02. The maximum absolute atomic E-state index is 5.27. The third-order valence-corrected chi connectivity index (χ3v) is 5.17. The van der Waals surface area contributed by atoms with Gasteiger partial charge in [0.1, 0.15) is 5.75 Å². The summed E-state index contributed by atoms with van der Waals surface area (Å²) in [5, 5.41) is 6.92. The molecule has 1 aromatic carbocycles. The molecule has 0 bridgehead atoms. The number of benzene rings is 1. The fourth-order valence-electron chi connectivity index (χ4n) is 3.33. The summed E-state index contributed by atoms with van der Waals surface area (Å²) < 4.78 is 10.5. The zero-order chi connectivity index (χ0) is 18.0. The lowest BCUT2D eigenvalue weighted by Crippen LogP contribution is -2.47. The monoisotopic (exact) mass is 475 g/mol. The van der Waals surface area contributed by atoms with Gasteiger partial charge in [-0.3, -0.25) is 4.99 Å². The summed E-state index contributed by atoms with van der Waals surface area (Å²) in [5.41, 5.74) is 1.70. The Kier molecular flexibility index (Phi) is 11.0. The normalized spacial score (nSPS) is 15.6. The summed E-state index contributed by atoms with van der Waals surface area (Å²) in [6.07, 6.45) is 7.12. The number of nitrogens with one attached hydrogen (secondary N) is 2. The summed E-state index contributed by atoms with van der Waals surface area (Å²) >= 11 is 0. The number of rotatable bonds is 10. The second kappa shape index (κ2) is 12.4. The minimum Gasteiger partial charge on any atom is -0.497 e. The largest absolute Gasteiger partial charge is 0.497 e. The van der Waals surface area contributed by atoms with Gasteiger partial charge in [-0.25, -0.2) is 0 Å². The van der Waals surface area contributed by atoms with Crippen LogP contribution in [0.4, 0.5) is 0 Å². The summed E-state index contributed by atoms with van der Waals surface area (Å²) in [6.45, 7) is 2.72. The van der Waals surface area contributed by atoms with Crippen molar-refractivity contribution < 1.29 is 9.47 Å². The van der Waals surface area contributed by atoms with Gasteiger partial charge in [-0.05, 0) is 55.2 Å². The molecule has 2 rings (SSSR count). The number of ether oxygens (including phenoxy) is 2. The number of aliphatic imine (C=N–C) groups is 1. The van der Waals surface area contributed by atoms with Gasteiger partial charge in [-0.15, -0.1) is 24.0 Å². The summed E-state index contributed by atoms with van der Waals surface area (Å²) in [7, 11) is 5.32. The molecule has 26 heavy (non-hydrogen) atoms. The lowest BCUT2D eigenvalue weighted by Gasteiger charge is -2.42. The minimum atomic E-state index is 0. The molecule has 1 aliphatic carbocycles. The van der Waals surface area contributed by atoms with Gasteiger partial charge in [0, 0.05) is 33.9 Å². The minimum absolute atomic E-state index is 0. The van der Waals surface area contributed by atoms with Crippen molar-refractivity contribution in [3.8, 4) is 5.75 Å². The van der Waals surface area contributed by atoms with E-state index in [0.717, 1.165) is 50.7 Å². The van der Waals surface area contributed by atoms with E-state index in [1.54, 1.807) is 14.2 Å². The predicted molar refractivity (Wildman–Crippen MR) is 119 cm³/mol. The zero-order valence-electron chi connectivity index (χ0n) is 16.3. The van der Waals surface area contributed by atoms with Crippen LogP contribution < -0.4 is 15.4 Å². The number of hydrogen-bond donors (Lipinski definition) is 2.